The number of ether oxygens (including phenoxy) is 1. The Bertz CT molecular complexity index is 906. The predicted molar refractivity (Wildman–Crippen MR) is 104 cm³/mol. The van der Waals surface area contributed by atoms with Crippen LogP contribution < -0.4 is 10.1 Å². The molecule has 2 aromatic carbocycles. The molecule has 1 aromatic heterocycles. The maximum Gasteiger partial charge on any atom is 0.196 e. The molecule has 3 aromatic rings. The zero-order chi connectivity index (χ0) is 18.4. The number of carbonyl (C=O) groups is 1. The molecule has 26 heavy (non-hydrogen) atoms. The molecular formula is C22H22N2O2. The summed E-state index contributed by atoms with van der Waals surface area (Å²) < 4.78 is 5.89. The summed E-state index contributed by atoms with van der Waals surface area (Å²) in [5.74, 6) is 1.20. The van der Waals surface area contributed by atoms with Crippen LogP contribution in [0, 0.1) is 6.92 Å². The quantitative estimate of drug-likeness (QED) is 0.634. The van der Waals surface area contributed by atoms with Gasteiger partial charge < -0.3 is 10.1 Å². The third kappa shape index (κ3) is 4.09. The van der Waals surface area contributed by atoms with Crippen molar-refractivity contribution >= 4 is 11.6 Å². The zero-order valence-electron chi connectivity index (χ0n) is 15.0. The Morgan fingerprint density at radius 2 is 1.92 bits per heavy atom. The summed E-state index contributed by atoms with van der Waals surface area (Å²) in [6.45, 7) is 5.21. The van der Waals surface area contributed by atoms with Gasteiger partial charge in [-0.15, -0.1) is 0 Å². The van der Waals surface area contributed by atoms with E-state index in [2.05, 4.69) is 23.3 Å². The Morgan fingerprint density at radius 1 is 1.08 bits per heavy atom. The van der Waals surface area contributed by atoms with Crippen molar-refractivity contribution in [2.24, 2.45) is 0 Å². The molecule has 1 N–H and O–H groups in total. The highest BCUT2D eigenvalue weighted by molar-refractivity contribution is 6.12. The number of ketones is 1. The van der Waals surface area contributed by atoms with Crippen LogP contribution >= 0.6 is 0 Å². The summed E-state index contributed by atoms with van der Waals surface area (Å²) in [5.41, 5.74) is 3.46. The zero-order valence-corrected chi connectivity index (χ0v) is 15.0. The minimum atomic E-state index is -0.0737. The Kier molecular flexibility index (Phi) is 5.64. The van der Waals surface area contributed by atoms with Gasteiger partial charge in [0.05, 0.1) is 5.56 Å². The van der Waals surface area contributed by atoms with Crippen molar-refractivity contribution in [1.29, 1.82) is 0 Å². The molecule has 0 spiro atoms. The molecule has 0 amide bonds. The van der Waals surface area contributed by atoms with E-state index in [0.717, 1.165) is 5.56 Å². The van der Waals surface area contributed by atoms with Crippen LogP contribution in [0.5, 0.6) is 5.75 Å². The fourth-order valence-electron chi connectivity index (χ4n) is 2.71. The molecule has 132 valence electrons. The molecule has 0 atom stereocenters. The second-order valence-electron chi connectivity index (χ2n) is 6.00. The highest BCUT2D eigenvalue weighted by atomic mass is 16.5. The lowest BCUT2D eigenvalue weighted by Crippen LogP contribution is -2.09. The molecule has 4 nitrogen and oxygen atoms in total. The lowest BCUT2D eigenvalue weighted by atomic mass is 10.0. The van der Waals surface area contributed by atoms with Crippen molar-refractivity contribution in [1.82, 2.24) is 4.98 Å². The van der Waals surface area contributed by atoms with Crippen LogP contribution in [0.1, 0.15) is 34.0 Å². The van der Waals surface area contributed by atoms with E-state index in [0.29, 0.717) is 35.8 Å². The first-order valence-electron chi connectivity index (χ1n) is 8.70. The molecule has 0 aliphatic rings. The van der Waals surface area contributed by atoms with Gasteiger partial charge >= 0.3 is 0 Å². The van der Waals surface area contributed by atoms with E-state index in [1.165, 1.54) is 5.56 Å². The Balaban J connectivity index is 1.79. The first-order valence-corrected chi connectivity index (χ1v) is 8.70. The Labute approximate surface area is 153 Å². The predicted octanol–water partition coefficient (Wildman–Crippen LogP) is 4.63. The first-order chi connectivity index (χ1) is 12.7. The van der Waals surface area contributed by atoms with E-state index in [1.54, 1.807) is 30.5 Å². The number of benzene rings is 2. The molecule has 0 saturated carbocycles. The topological polar surface area (TPSA) is 51.2 Å². The number of aryl methyl sites for hydroxylation is 1. The summed E-state index contributed by atoms with van der Waals surface area (Å²) >= 11 is 0. The average Bonchev–Trinajstić information content (AvgIpc) is 2.68. The largest absolute Gasteiger partial charge is 0.489 e. The number of pyridine rings is 1. The molecule has 0 fully saturated rings. The van der Waals surface area contributed by atoms with Gasteiger partial charge in [-0.25, -0.2) is 4.98 Å². The number of nitrogens with zero attached hydrogens (tertiary/aromatic N) is 1. The van der Waals surface area contributed by atoms with Gasteiger partial charge in [0.1, 0.15) is 18.2 Å². The number of nitrogens with one attached hydrogen (secondary N) is 1. The molecule has 0 saturated heterocycles. The minimum Gasteiger partial charge on any atom is -0.489 e. The van der Waals surface area contributed by atoms with Crippen molar-refractivity contribution < 1.29 is 9.53 Å². The second-order valence-corrected chi connectivity index (χ2v) is 6.00. The van der Waals surface area contributed by atoms with Crippen LogP contribution in [0.2, 0.25) is 0 Å². The number of carbonyl (C=O) groups excluding carboxylic acids is 1. The van der Waals surface area contributed by atoms with E-state index >= 15 is 0 Å². The Morgan fingerprint density at radius 3 is 2.73 bits per heavy atom. The fourth-order valence-corrected chi connectivity index (χ4v) is 2.71. The van der Waals surface area contributed by atoms with Crippen LogP contribution in [-0.2, 0) is 6.61 Å². The van der Waals surface area contributed by atoms with Gasteiger partial charge in [0.25, 0.3) is 0 Å². The van der Waals surface area contributed by atoms with Crippen molar-refractivity contribution in [3.05, 3.63) is 89.1 Å². The van der Waals surface area contributed by atoms with Crippen LogP contribution in [-0.4, -0.2) is 17.3 Å². The Hall–Kier alpha value is -3.14. The minimum absolute atomic E-state index is 0.0737. The third-order valence-corrected chi connectivity index (χ3v) is 4.15. The van der Waals surface area contributed by atoms with Crippen molar-refractivity contribution in [2.45, 2.75) is 20.5 Å². The van der Waals surface area contributed by atoms with Crippen molar-refractivity contribution in [3.63, 3.8) is 0 Å². The lowest BCUT2D eigenvalue weighted by Gasteiger charge is -2.11. The third-order valence-electron chi connectivity index (χ3n) is 4.15. The van der Waals surface area contributed by atoms with Crippen LogP contribution in [0.15, 0.2) is 66.9 Å². The van der Waals surface area contributed by atoms with Gasteiger partial charge in [0.2, 0.25) is 0 Å². The van der Waals surface area contributed by atoms with Crippen LogP contribution in [0.3, 0.4) is 0 Å². The van der Waals surface area contributed by atoms with Crippen LogP contribution in [0.4, 0.5) is 5.82 Å². The van der Waals surface area contributed by atoms with E-state index in [4.69, 9.17) is 4.74 Å². The van der Waals surface area contributed by atoms with Crippen LogP contribution in [0.25, 0.3) is 0 Å². The summed E-state index contributed by atoms with van der Waals surface area (Å²) in [5, 5.41) is 3.13. The molecule has 0 radical (unpaired) electrons. The highest BCUT2D eigenvalue weighted by Crippen LogP contribution is 2.21. The molecule has 0 unspecified atom stereocenters. The number of hydrogen-bond acceptors (Lipinski definition) is 4. The normalized spacial score (nSPS) is 10.4. The standard InChI is InChI=1S/C22H22N2O2/c1-3-23-22-20(12-7-13-24-22)21(25)17-10-6-11-19(14-17)26-15-18-9-5-4-8-16(18)2/h4-14H,3,15H2,1-2H3,(H,23,24). The maximum absolute atomic E-state index is 12.9. The molecule has 1 heterocycles. The number of aromatic nitrogens is 1. The van der Waals surface area contributed by atoms with Gasteiger partial charge in [-0.2, -0.15) is 0 Å². The maximum atomic E-state index is 12.9. The average molecular weight is 346 g/mol. The van der Waals surface area contributed by atoms with Gasteiger partial charge in [-0.1, -0.05) is 36.4 Å². The number of rotatable bonds is 7. The van der Waals surface area contributed by atoms with E-state index < -0.39 is 0 Å². The summed E-state index contributed by atoms with van der Waals surface area (Å²) in [7, 11) is 0. The highest BCUT2D eigenvalue weighted by Gasteiger charge is 2.14. The molecule has 4 heteroatoms. The lowest BCUT2D eigenvalue weighted by molar-refractivity contribution is 0.103. The van der Waals surface area contributed by atoms with Crippen molar-refractivity contribution in [2.75, 3.05) is 11.9 Å². The fraction of sp³-hybridized carbons (Fsp3) is 0.182. The smallest absolute Gasteiger partial charge is 0.196 e. The first kappa shape index (κ1) is 17.7. The molecule has 0 bridgehead atoms. The van der Waals surface area contributed by atoms with Crippen molar-refractivity contribution in [3.8, 4) is 5.75 Å². The second kappa shape index (κ2) is 8.30. The van der Waals surface area contributed by atoms with E-state index in [9.17, 15) is 4.79 Å². The van der Waals surface area contributed by atoms with Gasteiger partial charge in [0.15, 0.2) is 5.78 Å². The molecular weight excluding hydrogens is 324 g/mol. The molecule has 0 aliphatic heterocycles. The molecule has 3 rings (SSSR count). The summed E-state index contributed by atoms with van der Waals surface area (Å²) in [4.78, 5) is 17.1. The van der Waals surface area contributed by atoms with Gasteiger partial charge in [0, 0.05) is 18.3 Å². The van der Waals surface area contributed by atoms with E-state index in [1.807, 2.05) is 37.3 Å². The number of anilines is 1. The molecule has 0 aliphatic carbocycles. The summed E-state index contributed by atoms with van der Waals surface area (Å²) in [6, 6.07) is 18.9. The summed E-state index contributed by atoms with van der Waals surface area (Å²) in [6.07, 6.45) is 1.68. The number of hydrogen-bond donors (Lipinski definition) is 1. The van der Waals surface area contributed by atoms with Gasteiger partial charge in [-0.05, 0) is 49.2 Å². The monoisotopic (exact) mass is 346 g/mol. The van der Waals surface area contributed by atoms with E-state index in [-0.39, 0.29) is 5.78 Å². The van der Waals surface area contributed by atoms with Gasteiger partial charge in [-0.3, -0.25) is 4.79 Å². The SMILES string of the molecule is CCNc1ncccc1C(=O)c1cccc(OCc2ccccc2C)c1.